The van der Waals surface area contributed by atoms with Gasteiger partial charge in [0.2, 0.25) is 0 Å². The summed E-state index contributed by atoms with van der Waals surface area (Å²) in [6.45, 7) is 3.10. The van der Waals surface area contributed by atoms with E-state index in [1.807, 2.05) is 37.3 Å². The van der Waals surface area contributed by atoms with Crippen molar-refractivity contribution in [3.05, 3.63) is 52.7 Å². The molecule has 3 heterocycles. The normalized spacial score (nSPS) is 16.3. The van der Waals surface area contributed by atoms with Crippen molar-refractivity contribution in [2.75, 3.05) is 25.2 Å². The van der Waals surface area contributed by atoms with Crippen LogP contribution in [0.15, 0.2) is 40.8 Å². The largest absolute Gasteiger partial charge is 0.493 e. The first-order valence-electron chi connectivity index (χ1n) is 10.1. The number of carbonyl (C=O) groups excluding carboxylic acids is 1. The summed E-state index contributed by atoms with van der Waals surface area (Å²) in [5.41, 5.74) is 2.38. The predicted molar refractivity (Wildman–Crippen MR) is 123 cm³/mol. The van der Waals surface area contributed by atoms with Crippen LogP contribution < -0.4 is 9.64 Å². The van der Waals surface area contributed by atoms with Gasteiger partial charge in [-0.25, -0.2) is 4.98 Å². The van der Waals surface area contributed by atoms with Crippen LogP contribution in [0, 0.1) is 6.92 Å². The second kappa shape index (κ2) is 8.15. The van der Waals surface area contributed by atoms with Crippen LogP contribution in [0.5, 0.6) is 5.75 Å². The monoisotopic (exact) mass is 456 g/mol. The van der Waals surface area contributed by atoms with Gasteiger partial charge in [0, 0.05) is 17.0 Å². The average molecular weight is 457 g/mol. The highest BCUT2D eigenvalue weighted by Crippen LogP contribution is 2.35. The summed E-state index contributed by atoms with van der Waals surface area (Å²) in [7, 11) is 1.58. The van der Waals surface area contributed by atoms with Gasteiger partial charge in [-0.3, -0.25) is 9.69 Å². The number of aryl methyl sites for hydroxylation is 1. The molecule has 31 heavy (non-hydrogen) atoms. The van der Waals surface area contributed by atoms with Gasteiger partial charge < -0.3 is 13.9 Å². The molecule has 5 rings (SSSR count). The molecule has 0 bridgehead atoms. The molecule has 160 valence electrons. The average Bonchev–Trinajstić information content (AvgIpc) is 3.49. The maximum absolute atomic E-state index is 13.6. The van der Waals surface area contributed by atoms with Crippen LogP contribution >= 0.6 is 22.9 Å². The Morgan fingerprint density at radius 1 is 1.35 bits per heavy atom. The van der Waals surface area contributed by atoms with E-state index < -0.39 is 0 Å². The summed E-state index contributed by atoms with van der Waals surface area (Å²) in [4.78, 5) is 20.0. The fourth-order valence-electron chi connectivity index (χ4n) is 3.93. The number of benzene rings is 2. The zero-order valence-corrected chi connectivity index (χ0v) is 18.8. The van der Waals surface area contributed by atoms with Crippen molar-refractivity contribution in [2.45, 2.75) is 25.9 Å². The van der Waals surface area contributed by atoms with Crippen molar-refractivity contribution in [3.63, 3.8) is 0 Å². The Labute approximate surface area is 188 Å². The number of furan rings is 1. The quantitative estimate of drug-likeness (QED) is 0.377. The summed E-state index contributed by atoms with van der Waals surface area (Å²) in [5.74, 6) is 0.579. The maximum atomic E-state index is 13.6. The van der Waals surface area contributed by atoms with E-state index in [0.29, 0.717) is 34.6 Å². The summed E-state index contributed by atoms with van der Waals surface area (Å²) < 4.78 is 18.1. The molecule has 1 aliphatic rings. The Morgan fingerprint density at radius 2 is 2.23 bits per heavy atom. The zero-order chi connectivity index (χ0) is 21.5. The second-order valence-electron chi connectivity index (χ2n) is 7.61. The van der Waals surface area contributed by atoms with E-state index in [4.69, 9.17) is 30.5 Å². The molecule has 1 amide bonds. The van der Waals surface area contributed by atoms with Gasteiger partial charge in [-0.2, -0.15) is 0 Å². The van der Waals surface area contributed by atoms with Crippen LogP contribution in [0.4, 0.5) is 5.13 Å². The lowest BCUT2D eigenvalue weighted by molar-refractivity contribution is 0.0896. The highest BCUT2D eigenvalue weighted by atomic mass is 35.5. The highest BCUT2D eigenvalue weighted by Gasteiger charge is 2.29. The third-order valence-corrected chi connectivity index (χ3v) is 6.71. The van der Waals surface area contributed by atoms with E-state index in [9.17, 15) is 4.79 Å². The number of carbonyl (C=O) groups is 1. The minimum atomic E-state index is -0.253. The van der Waals surface area contributed by atoms with Gasteiger partial charge in [-0.1, -0.05) is 35.1 Å². The Hall–Kier alpha value is -2.61. The van der Waals surface area contributed by atoms with Crippen LogP contribution in [0.3, 0.4) is 0 Å². The van der Waals surface area contributed by atoms with Crippen LogP contribution in [0.1, 0.15) is 29.0 Å². The van der Waals surface area contributed by atoms with Gasteiger partial charge in [0.05, 0.1) is 30.0 Å². The van der Waals surface area contributed by atoms with Crippen LogP contribution in [0.25, 0.3) is 21.2 Å². The molecule has 6 nitrogen and oxygen atoms in total. The first kappa shape index (κ1) is 20.3. The lowest BCUT2D eigenvalue weighted by Crippen LogP contribution is -2.37. The molecule has 0 aliphatic carbocycles. The minimum Gasteiger partial charge on any atom is -0.493 e. The van der Waals surface area contributed by atoms with Crippen LogP contribution in [0.2, 0.25) is 5.02 Å². The molecule has 0 N–H and O–H groups in total. The number of nitrogens with zero attached hydrogens (tertiary/aromatic N) is 2. The summed E-state index contributed by atoms with van der Waals surface area (Å²) >= 11 is 7.68. The number of halogens is 1. The molecule has 1 aliphatic heterocycles. The third-order valence-electron chi connectivity index (χ3n) is 5.46. The lowest BCUT2D eigenvalue weighted by atomic mass is 10.2. The fraction of sp³-hybridized carbons (Fsp3) is 0.304. The van der Waals surface area contributed by atoms with E-state index in [0.717, 1.165) is 34.0 Å². The van der Waals surface area contributed by atoms with Crippen molar-refractivity contribution >= 4 is 55.2 Å². The number of para-hydroxylation sites is 1. The standard InChI is InChI=1S/C23H21ClN2O4S/c1-13-9-15(24)11-19-20(13)25-23(31-19)26(12-16-6-4-8-29-16)22(27)18-10-14-5-3-7-17(28-2)21(14)30-18/h3,5,7,9-11,16H,4,6,8,12H2,1-2H3. The Morgan fingerprint density at radius 3 is 3.00 bits per heavy atom. The first-order chi connectivity index (χ1) is 15.0. The number of methoxy groups -OCH3 is 1. The smallest absolute Gasteiger partial charge is 0.295 e. The van der Waals surface area contributed by atoms with Crippen LogP contribution in [-0.4, -0.2) is 37.3 Å². The minimum absolute atomic E-state index is 0.0282. The lowest BCUT2D eigenvalue weighted by Gasteiger charge is -2.22. The van der Waals surface area contributed by atoms with Gasteiger partial charge in [0.1, 0.15) is 0 Å². The van der Waals surface area contributed by atoms with E-state index >= 15 is 0 Å². The van der Waals surface area contributed by atoms with Gasteiger partial charge in [0.15, 0.2) is 22.2 Å². The Kier molecular flexibility index (Phi) is 5.33. The van der Waals surface area contributed by atoms with Crippen molar-refractivity contribution in [3.8, 4) is 5.75 Å². The predicted octanol–water partition coefficient (Wildman–Crippen LogP) is 5.84. The fourth-order valence-corrected chi connectivity index (χ4v) is 5.36. The number of fused-ring (bicyclic) bond motifs is 2. The number of thiazole rings is 1. The number of amides is 1. The van der Waals surface area contributed by atoms with Crippen molar-refractivity contribution in [2.24, 2.45) is 0 Å². The topological polar surface area (TPSA) is 64.8 Å². The molecule has 2 aromatic heterocycles. The van der Waals surface area contributed by atoms with Gasteiger partial charge in [-0.05, 0) is 49.6 Å². The summed E-state index contributed by atoms with van der Waals surface area (Å²) in [6, 6.07) is 11.1. The van der Waals surface area contributed by atoms with E-state index in [-0.39, 0.29) is 17.8 Å². The molecular formula is C23H21ClN2O4S. The number of hydrogen-bond acceptors (Lipinski definition) is 6. The molecule has 2 aromatic carbocycles. The second-order valence-corrected chi connectivity index (χ2v) is 9.05. The van der Waals surface area contributed by atoms with E-state index in [1.165, 1.54) is 11.3 Å². The maximum Gasteiger partial charge on any atom is 0.295 e. The first-order valence-corrected chi connectivity index (χ1v) is 11.3. The number of ether oxygens (including phenoxy) is 2. The van der Waals surface area contributed by atoms with Crippen LogP contribution in [-0.2, 0) is 4.74 Å². The molecule has 4 aromatic rings. The third kappa shape index (κ3) is 3.78. The number of rotatable bonds is 5. The molecule has 8 heteroatoms. The molecule has 0 radical (unpaired) electrons. The highest BCUT2D eigenvalue weighted by molar-refractivity contribution is 7.22. The molecule has 0 saturated carbocycles. The zero-order valence-electron chi connectivity index (χ0n) is 17.2. The van der Waals surface area contributed by atoms with Crippen molar-refractivity contribution in [1.29, 1.82) is 0 Å². The van der Waals surface area contributed by atoms with Crippen molar-refractivity contribution in [1.82, 2.24) is 4.98 Å². The SMILES string of the molecule is COc1cccc2cc(C(=O)N(CC3CCCO3)c3nc4c(C)cc(Cl)cc4s3)oc12. The van der Waals surface area contributed by atoms with Gasteiger partial charge >= 0.3 is 0 Å². The Balaban J connectivity index is 1.57. The molecule has 1 fully saturated rings. The molecule has 1 unspecified atom stereocenters. The Bertz CT molecular complexity index is 1280. The summed E-state index contributed by atoms with van der Waals surface area (Å²) in [6.07, 6.45) is 1.87. The molecule has 0 spiro atoms. The molecule has 1 saturated heterocycles. The van der Waals surface area contributed by atoms with Crippen molar-refractivity contribution < 1.29 is 18.7 Å². The number of hydrogen-bond donors (Lipinski definition) is 0. The number of aromatic nitrogens is 1. The van der Waals surface area contributed by atoms with E-state index in [1.54, 1.807) is 18.1 Å². The van der Waals surface area contributed by atoms with E-state index in [2.05, 4.69) is 0 Å². The summed E-state index contributed by atoms with van der Waals surface area (Å²) in [5, 5.41) is 2.07. The van der Waals surface area contributed by atoms with Gasteiger partial charge in [-0.15, -0.1) is 0 Å². The molecule has 1 atom stereocenters. The van der Waals surface area contributed by atoms with Gasteiger partial charge in [0.25, 0.3) is 5.91 Å². The number of anilines is 1. The molecular weight excluding hydrogens is 436 g/mol.